The maximum absolute atomic E-state index is 10.8. The van der Waals surface area contributed by atoms with Crippen molar-refractivity contribution in [2.75, 3.05) is 0 Å². The van der Waals surface area contributed by atoms with E-state index in [0.29, 0.717) is 5.84 Å². The Morgan fingerprint density at radius 2 is 1.60 bits per heavy atom. The monoisotopic (exact) mass is 332 g/mol. The SMILES string of the molecule is CC1=NN=C(c2ccccc2)C(c2c(C)n(C)c3ccccc23)N1O. The average molecular weight is 332 g/mol. The fourth-order valence-corrected chi connectivity index (χ4v) is 3.51. The van der Waals surface area contributed by atoms with E-state index in [1.807, 2.05) is 49.5 Å². The van der Waals surface area contributed by atoms with Gasteiger partial charge in [-0.05, 0) is 19.9 Å². The van der Waals surface area contributed by atoms with Crippen LogP contribution in [0.4, 0.5) is 0 Å². The molecule has 2 heterocycles. The first kappa shape index (κ1) is 15.6. The minimum atomic E-state index is -0.397. The molecule has 126 valence electrons. The maximum Gasteiger partial charge on any atom is 0.149 e. The maximum atomic E-state index is 10.8. The van der Waals surface area contributed by atoms with E-state index in [1.54, 1.807) is 6.92 Å². The van der Waals surface area contributed by atoms with E-state index < -0.39 is 6.04 Å². The first-order valence-corrected chi connectivity index (χ1v) is 8.29. The lowest BCUT2D eigenvalue weighted by atomic mass is 9.93. The number of hydroxylamine groups is 2. The zero-order valence-electron chi connectivity index (χ0n) is 14.5. The van der Waals surface area contributed by atoms with Gasteiger partial charge in [0.25, 0.3) is 0 Å². The van der Waals surface area contributed by atoms with Gasteiger partial charge in [-0.1, -0.05) is 48.5 Å². The Labute approximate surface area is 146 Å². The van der Waals surface area contributed by atoms with Crippen LogP contribution in [-0.4, -0.2) is 26.4 Å². The lowest BCUT2D eigenvalue weighted by molar-refractivity contribution is -0.0359. The van der Waals surface area contributed by atoms with E-state index in [0.717, 1.165) is 33.4 Å². The van der Waals surface area contributed by atoms with Gasteiger partial charge in [-0.3, -0.25) is 5.21 Å². The Hall–Kier alpha value is -2.92. The summed E-state index contributed by atoms with van der Waals surface area (Å²) in [5.41, 5.74) is 4.99. The van der Waals surface area contributed by atoms with Crippen LogP contribution in [0.3, 0.4) is 0 Å². The van der Waals surface area contributed by atoms with Crippen LogP contribution in [0.15, 0.2) is 64.8 Å². The van der Waals surface area contributed by atoms with Gasteiger partial charge < -0.3 is 4.57 Å². The van der Waals surface area contributed by atoms with E-state index in [-0.39, 0.29) is 0 Å². The molecule has 0 radical (unpaired) electrons. The number of rotatable bonds is 2. The molecule has 5 heteroatoms. The summed E-state index contributed by atoms with van der Waals surface area (Å²) in [4.78, 5) is 0. The van der Waals surface area contributed by atoms with E-state index in [9.17, 15) is 5.21 Å². The number of amidine groups is 1. The first-order chi connectivity index (χ1) is 12.1. The Morgan fingerprint density at radius 3 is 2.36 bits per heavy atom. The molecule has 0 saturated carbocycles. The molecular formula is C20H20N4O. The highest BCUT2D eigenvalue weighted by Gasteiger charge is 2.34. The number of hydrogen-bond acceptors (Lipinski definition) is 4. The fraction of sp³-hybridized carbons (Fsp3) is 0.200. The molecule has 0 spiro atoms. The number of nitrogens with zero attached hydrogens (tertiary/aromatic N) is 4. The van der Waals surface area contributed by atoms with Gasteiger partial charge in [-0.25, -0.2) is 5.06 Å². The zero-order chi connectivity index (χ0) is 17.6. The number of hydrogen-bond donors (Lipinski definition) is 1. The molecule has 1 aliphatic rings. The highest BCUT2D eigenvalue weighted by atomic mass is 16.5. The summed E-state index contributed by atoms with van der Waals surface area (Å²) in [6, 6.07) is 17.7. The molecule has 1 atom stereocenters. The summed E-state index contributed by atoms with van der Waals surface area (Å²) < 4.78 is 2.15. The minimum Gasteiger partial charge on any atom is -0.348 e. The van der Waals surface area contributed by atoms with Crippen molar-refractivity contribution < 1.29 is 5.21 Å². The molecule has 1 aliphatic heterocycles. The highest BCUT2D eigenvalue weighted by molar-refractivity contribution is 6.09. The Morgan fingerprint density at radius 1 is 0.920 bits per heavy atom. The van der Waals surface area contributed by atoms with Crippen LogP contribution in [0.1, 0.15) is 29.8 Å². The van der Waals surface area contributed by atoms with E-state index in [1.165, 1.54) is 5.06 Å². The summed E-state index contributed by atoms with van der Waals surface area (Å²) in [7, 11) is 2.05. The molecule has 1 aromatic heterocycles. The van der Waals surface area contributed by atoms with Gasteiger partial charge in [0, 0.05) is 34.8 Å². The van der Waals surface area contributed by atoms with Gasteiger partial charge >= 0.3 is 0 Å². The number of aryl methyl sites for hydroxylation is 1. The smallest absolute Gasteiger partial charge is 0.149 e. The molecular weight excluding hydrogens is 312 g/mol. The second-order valence-electron chi connectivity index (χ2n) is 6.32. The van der Waals surface area contributed by atoms with Crippen molar-refractivity contribution in [1.29, 1.82) is 0 Å². The molecule has 0 fully saturated rings. The van der Waals surface area contributed by atoms with Gasteiger partial charge in [0.2, 0.25) is 0 Å². The second-order valence-corrected chi connectivity index (χ2v) is 6.32. The molecule has 3 aromatic rings. The highest BCUT2D eigenvalue weighted by Crippen LogP contribution is 2.36. The number of fused-ring (bicyclic) bond motifs is 1. The lowest BCUT2D eigenvalue weighted by Crippen LogP contribution is -2.38. The van der Waals surface area contributed by atoms with E-state index >= 15 is 0 Å². The van der Waals surface area contributed by atoms with Crippen LogP contribution >= 0.6 is 0 Å². The average Bonchev–Trinajstić information content (AvgIpc) is 2.89. The molecule has 0 bridgehead atoms. The minimum absolute atomic E-state index is 0.397. The number of aromatic nitrogens is 1. The third-order valence-corrected chi connectivity index (χ3v) is 4.93. The Bertz CT molecular complexity index is 1000. The number of benzene rings is 2. The molecule has 0 amide bonds. The predicted molar refractivity (Wildman–Crippen MR) is 100 cm³/mol. The number of para-hydroxylation sites is 1. The topological polar surface area (TPSA) is 53.1 Å². The lowest BCUT2D eigenvalue weighted by Gasteiger charge is -2.31. The van der Waals surface area contributed by atoms with Crippen LogP contribution in [-0.2, 0) is 7.05 Å². The molecule has 4 rings (SSSR count). The van der Waals surface area contributed by atoms with Crippen LogP contribution in [0.5, 0.6) is 0 Å². The first-order valence-electron chi connectivity index (χ1n) is 8.29. The summed E-state index contributed by atoms with van der Waals surface area (Å²) in [6.45, 7) is 3.84. The van der Waals surface area contributed by atoms with Crippen molar-refractivity contribution >= 4 is 22.5 Å². The van der Waals surface area contributed by atoms with Crippen molar-refractivity contribution in [3.63, 3.8) is 0 Å². The van der Waals surface area contributed by atoms with Gasteiger partial charge in [0.15, 0.2) is 0 Å². The molecule has 5 nitrogen and oxygen atoms in total. The van der Waals surface area contributed by atoms with Gasteiger partial charge in [0.05, 0.1) is 0 Å². The van der Waals surface area contributed by atoms with Crippen LogP contribution in [0.2, 0.25) is 0 Å². The van der Waals surface area contributed by atoms with Crippen molar-refractivity contribution in [2.24, 2.45) is 17.3 Å². The molecule has 1 N–H and O–H groups in total. The van der Waals surface area contributed by atoms with Gasteiger partial charge in [-0.15, -0.1) is 5.10 Å². The predicted octanol–water partition coefficient (Wildman–Crippen LogP) is 4.06. The quantitative estimate of drug-likeness (QED) is 0.769. The van der Waals surface area contributed by atoms with Crippen molar-refractivity contribution in [2.45, 2.75) is 19.9 Å². The van der Waals surface area contributed by atoms with Crippen LogP contribution in [0.25, 0.3) is 10.9 Å². The molecule has 2 aromatic carbocycles. The third kappa shape index (κ3) is 2.36. The van der Waals surface area contributed by atoms with Crippen molar-refractivity contribution in [1.82, 2.24) is 9.63 Å². The molecule has 1 unspecified atom stereocenters. The van der Waals surface area contributed by atoms with Crippen molar-refractivity contribution in [3.05, 3.63) is 71.4 Å². The van der Waals surface area contributed by atoms with E-state index in [4.69, 9.17) is 0 Å². The van der Waals surface area contributed by atoms with E-state index in [2.05, 4.69) is 33.8 Å². The Kier molecular flexibility index (Phi) is 3.66. The standard InChI is InChI=1S/C20H20N4O/c1-13-18(16-11-7-8-12-17(16)23(13)3)20-19(15-9-5-4-6-10-15)22-21-14(2)24(20)25/h4-12,20,25H,1-3H3. The van der Waals surface area contributed by atoms with Crippen LogP contribution < -0.4 is 0 Å². The molecule has 0 saturated heterocycles. The summed E-state index contributed by atoms with van der Waals surface area (Å²) in [5.74, 6) is 0.483. The largest absolute Gasteiger partial charge is 0.348 e. The van der Waals surface area contributed by atoms with Crippen molar-refractivity contribution in [3.8, 4) is 0 Å². The van der Waals surface area contributed by atoms with Gasteiger partial charge in [-0.2, -0.15) is 5.10 Å². The van der Waals surface area contributed by atoms with Crippen LogP contribution in [0, 0.1) is 6.92 Å². The summed E-state index contributed by atoms with van der Waals surface area (Å²) in [6.07, 6.45) is 0. The summed E-state index contributed by atoms with van der Waals surface area (Å²) in [5, 5.41) is 21.7. The van der Waals surface area contributed by atoms with Gasteiger partial charge in [0.1, 0.15) is 17.6 Å². The normalized spacial score (nSPS) is 17.6. The summed E-state index contributed by atoms with van der Waals surface area (Å²) >= 11 is 0. The molecule has 25 heavy (non-hydrogen) atoms. The fourth-order valence-electron chi connectivity index (χ4n) is 3.51. The zero-order valence-corrected chi connectivity index (χ0v) is 14.5. The third-order valence-electron chi connectivity index (χ3n) is 4.93. The Balaban J connectivity index is 1.98. The molecule has 0 aliphatic carbocycles. The second kappa shape index (κ2) is 5.86.